The summed E-state index contributed by atoms with van der Waals surface area (Å²) in [6.45, 7) is 3.57. The number of ether oxygens (including phenoxy) is 1. The zero-order valence-corrected chi connectivity index (χ0v) is 15.9. The van der Waals surface area contributed by atoms with Gasteiger partial charge in [0.2, 0.25) is 11.8 Å². The van der Waals surface area contributed by atoms with Crippen molar-refractivity contribution in [2.75, 3.05) is 32.7 Å². The minimum Gasteiger partial charge on any atom is -0.489 e. The Morgan fingerprint density at radius 2 is 2.04 bits per heavy atom. The normalized spacial score (nSPS) is 25.3. The lowest BCUT2D eigenvalue weighted by atomic mass is 10.0. The number of hydrogen-bond acceptors (Lipinski definition) is 5. The molecule has 6 heteroatoms. The number of benzene rings is 1. The van der Waals surface area contributed by atoms with Gasteiger partial charge in [0.15, 0.2) is 0 Å². The summed E-state index contributed by atoms with van der Waals surface area (Å²) in [5.74, 6) is 1.00. The van der Waals surface area contributed by atoms with E-state index in [2.05, 4.69) is 17.4 Å². The van der Waals surface area contributed by atoms with Gasteiger partial charge in [-0.1, -0.05) is 18.2 Å². The Bertz CT molecular complexity index is 693. The highest BCUT2D eigenvalue weighted by Gasteiger charge is 2.41. The Balaban J connectivity index is 1.13. The van der Waals surface area contributed by atoms with Crippen LogP contribution < -0.4 is 10.1 Å². The predicted octanol–water partition coefficient (Wildman–Crippen LogP) is 1.58. The summed E-state index contributed by atoms with van der Waals surface area (Å²) in [6, 6.07) is 8.20. The van der Waals surface area contributed by atoms with E-state index in [4.69, 9.17) is 4.74 Å². The number of carbonyl (C=O) groups is 2. The number of rotatable bonds is 7. The fourth-order valence-corrected chi connectivity index (χ4v) is 4.40. The third kappa shape index (κ3) is 4.17. The SMILES string of the molecule is O=C1CN2CCCC2C(=O)N1CCCCNCC1CCc2ccccc2O1. The van der Waals surface area contributed by atoms with E-state index in [0.717, 1.165) is 63.9 Å². The van der Waals surface area contributed by atoms with Crippen molar-refractivity contribution in [2.45, 2.75) is 50.7 Å². The van der Waals surface area contributed by atoms with E-state index in [-0.39, 0.29) is 24.0 Å². The summed E-state index contributed by atoms with van der Waals surface area (Å²) < 4.78 is 6.04. The van der Waals surface area contributed by atoms with E-state index in [9.17, 15) is 9.59 Å². The topological polar surface area (TPSA) is 61.9 Å². The number of carbonyl (C=O) groups excluding carboxylic acids is 2. The maximum atomic E-state index is 12.5. The predicted molar refractivity (Wildman–Crippen MR) is 103 cm³/mol. The molecular formula is C21H29N3O3. The van der Waals surface area contributed by atoms with Gasteiger partial charge in [-0.15, -0.1) is 0 Å². The zero-order chi connectivity index (χ0) is 18.6. The van der Waals surface area contributed by atoms with Crippen molar-refractivity contribution in [3.05, 3.63) is 29.8 Å². The standard InChI is InChI=1S/C21H29N3O3/c25-20-15-23-12-5-7-18(23)21(26)24(20)13-4-3-11-22-14-17-10-9-16-6-1-2-8-19(16)27-17/h1-2,6,8,17-18,22H,3-5,7,9-15H2. The van der Waals surface area contributed by atoms with Gasteiger partial charge in [0.1, 0.15) is 11.9 Å². The third-order valence-electron chi connectivity index (χ3n) is 5.91. The molecule has 3 heterocycles. The smallest absolute Gasteiger partial charge is 0.246 e. The van der Waals surface area contributed by atoms with Crippen LogP contribution in [0.4, 0.5) is 0 Å². The van der Waals surface area contributed by atoms with Crippen LogP contribution in [0.3, 0.4) is 0 Å². The van der Waals surface area contributed by atoms with Crippen LogP contribution in [0.1, 0.15) is 37.7 Å². The van der Waals surface area contributed by atoms with Crippen LogP contribution >= 0.6 is 0 Å². The summed E-state index contributed by atoms with van der Waals surface area (Å²) in [4.78, 5) is 28.2. The third-order valence-corrected chi connectivity index (χ3v) is 5.91. The Kier molecular flexibility index (Phi) is 5.74. The number of hydrogen-bond donors (Lipinski definition) is 1. The Morgan fingerprint density at radius 3 is 2.96 bits per heavy atom. The molecule has 1 aromatic rings. The Hall–Kier alpha value is -1.92. The molecule has 0 radical (unpaired) electrons. The number of nitrogens with one attached hydrogen (secondary N) is 1. The van der Waals surface area contributed by atoms with Gasteiger partial charge in [-0.3, -0.25) is 19.4 Å². The molecule has 3 aliphatic rings. The van der Waals surface area contributed by atoms with Crippen LogP contribution in [0.2, 0.25) is 0 Å². The average molecular weight is 371 g/mol. The molecule has 1 N–H and O–H groups in total. The molecule has 2 atom stereocenters. The summed E-state index contributed by atoms with van der Waals surface area (Å²) in [5.41, 5.74) is 1.30. The highest BCUT2D eigenvalue weighted by Crippen LogP contribution is 2.26. The maximum absolute atomic E-state index is 12.5. The van der Waals surface area contributed by atoms with Gasteiger partial charge in [-0.25, -0.2) is 0 Å². The molecule has 0 aromatic heterocycles. The van der Waals surface area contributed by atoms with Crippen LogP contribution in [0.5, 0.6) is 5.75 Å². The molecule has 2 unspecified atom stereocenters. The molecule has 0 spiro atoms. The first-order chi connectivity index (χ1) is 13.2. The number of piperazine rings is 1. The lowest BCUT2D eigenvalue weighted by molar-refractivity contribution is -0.154. The van der Waals surface area contributed by atoms with Gasteiger partial charge in [0, 0.05) is 13.1 Å². The molecule has 6 nitrogen and oxygen atoms in total. The molecule has 3 aliphatic heterocycles. The minimum atomic E-state index is -0.0489. The number of amides is 2. The minimum absolute atomic E-state index is 0.0194. The lowest BCUT2D eigenvalue weighted by Crippen LogP contribution is -2.57. The summed E-state index contributed by atoms with van der Waals surface area (Å²) in [5, 5.41) is 3.46. The van der Waals surface area contributed by atoms with Gasteiger partial charge in [-0.2, -0.15) is 0 Å². The number of fused-ring (bicyclic) bond motifs is 2. The van der Waals surface area contributed by atoms with E-state index in [0.29, 0.717) is 13.1 Å². The number of unbranched alkanes of at least 4 members (excludes halogenated alkanes) is 1. The van der Waals surface area contributed by atoms with Gasteiger partial charge in [0.25, 0.3) is 0 Å². The van der Waals surface area contributed by atoms with Crippen molar-refractivity contribution in [3.8, 4) is 5.75 Å². The summed E-state index contributed by atoms with van der Waals surface area (Å²) in [6.07, 6.45) is 6.06. The van der Waals surface area contributed by atoms with Gasteiger partial charge in [0.05, 0.1) is 12.6 Å². The second-order valence-electron chi connectivity index (χ2n) is 7.81. The largest absolute Gasteiger partial charge is 0.489 e. The second kappa shape index (κ2) is 8.40. The fourth-order valence-electron chi connectivity index (χ4n) is 4.40. The van der Waals surface area contributed by atoms with E-state index in [1.807, 2.05) is 17.0 Å². The molecule has 0 saturated carbocycles. The fraction of sp³-hybridized carbons (Fsp3) is 0.619. The van der Waals surface area contributed by atoms with Crippen molar-refractivity contribution >= 4 is 11.8 Å². The zero-order valence-electron chi connectivity index (χ0n) is 15.9. The highest BCUT2D eigenvalue weighted by atomic mass is 16.5. The van der Waals surface area contributed by atoms with Crippen molar-refractivity contribution in [2.24, 2.45) is 0 Å². The van der Waals surface area contributed by atoms with Crippen LogP contribution in [-0.2, 0) is 16.0 Å². The molecule has 27 heavy (non-hydrogen) atoms. The number of aryl methyl sites for hydroxylation is 1. The van der Waals surface area contributed by atoms with Crippen molar-refractivity contribution in [1.29, 1.82) is 0 Å². The van der Waals surface area contributed by atoms with E-state index >= 15 is 0 Å². The van der Waals surface area contributed by atoms with Crippen LogP contribution in [0.25, 0.3) is 0 Å². The van der Waals surface area contributed by atoms with E-state index in [1.165, 1.54) is 10.5 Å². The molecular weight excluding hydrogens is 342 g/mol. The lowest BCUT2D eigenvalue weighted by Gasteiger charge is -2.35. The molecule has 2 fully saturated rings. The number of imide groups is 1. The van der Waals surface area contributed by atoms with Crippen LogP contribution in [-0.4, -0.2) is 66.5 Å². The number of para-hydroxylation sites is 1. The monoisotopic (exact) mass is 371 g/mol. The highest BCUT2D eigenvalue weighted by molar-refractivity contribution is 6.01. The van der Waals surface area contributed by atoms with Gasteiger partial charge in [-0.05, 0) is 63.2 Å². The van der Waals surface area contributed by atoms with E-state index < -0.39 is 0 Å². The Labute approximate surface area is 160 Å². The quantitative estimate of drug-likeness (QED) is 0.583. The average Bonchev–Trinajstić information content (AvgIpc) is 3.15. The molecule has 146 valence electrons. The summed E-state index contributed by atoms with van der Waals surface area (Å²) in [7, 11) is 0. The Morgan fingerprint density at radius 1 is 1.15 bits per heavy atom. The number of nitrogens with zero attached hydrogens (tertiary/aromatic N) is 2. The van der Waals surface area contributed by atoms with Gasteiger partial charge < -0.3 is 10.1 Å². The van der Waals surface area contributed by atoms with E-state index in [1.54, 1.807) is 0 Å². The molecule has 2 amide bonds. The molecule has 4 rings (SSSR count). The second-order valence-corrected chi connectivity index (χ2v) is 7.81. The first kappa shape index (κ1) is 18.4. The molecule has 0 bridgehead atoms. The first-order valence-electron chi connectivity index (χ1n) is 10.3. The van der Waals surface area contributed by atoms with Crippen molar-refractivity contribution in [1.82, 2.24) is 15.1 Å². The maximum Gasteiger partial charge on any atom is 0.246 e. The van der Waals surface area contributed by atoms with Crippen molar-refractivity contribution in [3.63, 3.8) is 0 Å². The summed E-state index contributed by atoms with van der Waals surface area (Å²) >= 11 is 0. The van der Waals surface area contributed by atoms with Crippen LogP contribution in [0, 0.1) is 0 Å². The first-order valence-corrected chi connectivity index (χ1v) is 10.3. The van der Waals surface area contributed by atoms with Crippen LogP contribution in [0.15, 0.2) is 24.3 Å². The molecule has 0 aliphatic carbocycles. The van der Waals surface area contributed by atoms with Crippen molar-refractivity contribution < 1.29 is 14.3 Å². The molecule has 1 aromatic carbocycles. The molecule has 2 saturated heterocycles. The van der Waals surface area contributed by atoms with Gasteiger partial charge >= 0.3 is 0 Å².